The van der Waals surface area contributed by atoms with Gasteiger partial charge in [-0.05, 0) is 26.8 Å². The van der Waals surface area contributed by atoms with Crippen LogP contribution in [-0.4, -0.2) is 32.1 Å². The Labute approximate surface area is 101 Å². The molecule has 1 N–H and O–H groups in total. The minimum Gasteiger partial charge on any atom is -0.351 e. The summed E-state index contributed by atoms with van der Waals surface area (Å²) < 4.78 is 11.3. The molecule has 0 aromatic rings. The summed E-state index contributed by atoms with van der Waals surface area (Å²) in [7, 11) is 0. The molecule has 0 saturated heterocycles. The SMILES string of the molecule is CCCCCC(NCC)C(OCC)OCC. The predicted octanol–water partition coefficient (Wildman–Crippen LogP) is 2.94. The molecule has 0 aromatic heterocycles. The third-order valence-corrected chi connectivity index (χ3v) is 2.58. The van der Waals surface area contributed by atoms with E-state index in [1.165, 1.54) is 19.3 Å². The minimum absolute atomic E-state index is 0.0909. The first-order valence-electron chi connectivity index (χ1n) is 6.76. The summed E-state index contributed by atoms with van der Waals surface area (Å²) in [5.74, 6) is 0. The highest BCUT2D eigenvalue weighted by Crippen LogP contribution is 2.11. The van der Waals surface area contributed by atoms with E-state index in [1.54, 1.807) is 0 Å². The maximum Gasteiger partial charge on any atom is 0.172 e. The Morgan fingerprint density at radius 1 is 0.938 bits per heavy atom. The van der Waals surface area contributed by atoms with E-state index in [-0.39, 0.29) is 6.29 Å². The van der Waals surface area contributed by atoms with E-state index in [1.807, 2.05) is 13.8 Å². The van der Waals surface area contributed by atoms with Crippen molar-refractivity contribution in [1.29, 1.82) is 0 Å². The van der Waals surface area contributed by atoms with Crippen LogP contribution in [0.5, 0.6) is 0 Å². The van der Waals surface area contributed by atoms with E-state index in [9.17, 15) is 0 Å². The fourth-order valence-corrected chi connectivity index (χ4v) is 1.82. The lowest BCUT2D eigenvalue weighted by Crippen LogP contribution is -2.43. The maximum absolute atomic E-state index is 5.64. The van der Waals surface area contributed by atoms with Gasteiger partial charge < -0.3 is 14.8 Å². The van der Waals surface area contributed by atoms with Crippen molar-refractivity contribution < 1.29 is 9.47 Å². The van der Waals surface area contributed by atoms with Gasteiger partial charge in [0.15, 0.2) is 6.29 Å². The zero-order valence-electron chi connectivity index (χ0n) is 11.4. The fraction of sp³-hybridized carbons (Fsp3) is 1.00. The average molecular weight is 231 g/mol. The van der Waals surface area contributed by atoms with Crippen molar-refractivity contribution >= 4 is 0 Å². The van der Waals surface area contributed by atoms with Gasteiger partial charge in [-0.3, -0.25) is 0 Å². The molecule has 0 saturated carbocycles. The molecule has 1 atom stereocenters. The molecule has 0 aliphatic carbocycles. The lowest BCUT2D eigenvalue weighted by molar-refractivity contribution is -0.155. The summed E-state index contributed by atoms with van der Waals surface area (Å²) in [5, 5.41) is 3.46. The van der Waals surface area contributed by atoms with Gasteiger partial charge in [0.2, 0.25) is 0 Å². The molecule has 0 rings (SSSR count). The molecular weight excluding hydrogens is 202 g/mol. The van der Waals surface area contributed by atoms with Gasteiger partial charge >= 0.3 is 0 Å². The number of rotatable bonds is 11. The van der Waals surface area contributed by atoms with E-state index < -0.39 is 0 Å². The third-order valence-electron chi connectivity index (χ3n) is 2.58. The molecule has 3 heteroatoms. The highest BCUT2D eigenvalue weighted by molar-refractivity contribution is 4.70. The molecule has 98 valence electrons. The number of hydrogen-bond acceptors (Lipinski definition) is 3. The molecule has 3 nitrogen and oxygen atoms in total. The second-order valence-corrected chi connectivity index (χ2v) is 3.94. The zero-order chi connectivity index (χ0) is 12.2. The first kappa shape index (κ1) is 15.9. The summed E-state index contributed by atoms with van der Waals surface area (Å²) in [6.07, 6.45) is 4.82. The smallest absolute Gasteiger partial charge is 0.172 e. The van der Waals surface area contributed by atoms with Crippen molar-refractivity contribution in [3.63, 3.8) is 0 Å². The summed E-state index contributed by atoms with van der Waals surface area (Å²) in [6, 6.07) is 0.330. The van der Waals surface area contributed by atoms with Crippen LogP contribution in [0.3, 0.4) is 0 Å². The van der Waals surface area contributed by atoms with E-state index in [4.69, 9.17) is 9.47 Å². The highest BCUT2D eigenvalue weighted by atomic mass is 16.7. The number of likely N-dealkylation sites (N-methyl/N-ethyl adjacent to an activating group) is 1. The van der Waals surface area contributed by atoms with Crippen LogP contribution in [0, 0.1) is 0 Å². The Bertz CT molecular complexity index is 136. The highest BCUT2D eigenvalue weighted by Gasteiger charge is 2.20. The van der Waals surface area contributed by atoms with E-state index in [0.29, 0.717) is 19.3 Å². The van der Waals surface area contributed by atoms with Gasteiger partial charge in [0.05, 0.1) is 6.04 Å². The summed E-state index contributed by atoms with van der Waals surface area (Å²) in [4.78, 5) is 0. The fourth-order valence-electron chi connectivity index (χ4n) is 1.82. The second kappa shape index (κ2) is 11.4. The molecule has 0 amide bonds. The van der Waals surface area contributed by atoms with Crippen molar-refractivity contribution in [3.8, 4) is 0 Å². The van der Waals surface area contributed by atoms with Crippen LogP contribution in [0.25, 0.3) is 0 Å². The lowest BCUT2D eigenvalue weighted by atomic mass is 10.1. The summed E-state index contributed by atoms with van der Waals surface area (Å²) in [5.41, 5.74) is 0. The predicted molar refractivity (Wildman–Crippen MR) is 68.6 cm³/mol. The average Bonchev–Trinajstić information content (AvgIpc) is 2.28. The normalized spacial score (nSPS) is 13.3. The molecule has 1 unspecified atom stereocenters. The standard InChI is InChI=1S/C13H29NO2/c1-5-9-10-11-12(14-6-2)13(15-7-3)16-8-4/h12-14H,5-11H2,1-4H3. The van der Waals surface area contributed by atoms with Gasteiger partial charge in [0, 0.05) is 13.2 Å². The van der Waals surface area contributed by atoms with Gasteiger partial charge in [-0.1, -0.05) is 33.1 Å². The molecule has 0 bridgehead atoms. The van der Waals surface area contributed by atoms with Crippen LogP contribution in [0.15, 0.2) is 0 Å². The van der Waals surface area contributed by atoms with Crippen LogP contribution in [0.2, 0.25) is 0 Å². The first-order valence-corrected chi connectivity index (χ1v) is 6.76. The third kappa shape index (κ3) is 7.20. The molecule has 0 aliphatic heterocycles. The summed E-state index contributed by atoms with van der Waals surface area (Å²) in [6.45, 7) is 10.8. The van der Waals surface area contributed by atoms with Crippen molar-refractivity contribution in [2.24, 2.45) is 0 Å². The molecular formula is C13H29NO2. The molecule has 0 aliphatic rings. The number of nitrogens with one attached hydrogen (secondary N) is 1. The quantitative estimate of drug-likeness (QED) is 0.438. The van der Waals surface area contributed by atoms with Crippen LogP contribution in [0.1, 0.15) is 53.4 Å². The molecule has 0 aromatic carbocycles. The van der Waals surface area contributed by atoms with E-state index in [2.05, 4.69) is 19.2 Å². The Morgan fingerprint density at radius 2 is 1.56 bits per heavy atom. The van der Waals surface area contributed by atoms with Gasteiger partial charge in [-0.25, -0.2) is 0 Å². The Balaban J connectivity index is 4.08. The number of hydrogen-bond donors (Lipinski definition) is 1. The first-order chi connectivity index (χ1) is 7.79. The molecule has 16 heavy (non-hydrogen) atoms. The van der Waals surface area contributed by atoms with Crippen LogP contribution >= 0.6 is 0 Å². The largest absolute Gasteiger partial charge is 0.351 e. The monoisotopic (exact) mass is 231 g/mol. The second-order valence-electron chi connectivity index (χ2n) is 3.94. The molecule has 0 fully saturated rings. The zero-order valence-corrected chi connectivity index (χ0v) is 11.4. The van der Waals surface area contributed by atoms with Gasteiger partial charge in [-0.2, -0.15) is 0 Å². The Morgan fingerprint density at radius 3 is 2.00 bits per heavy atom. The lowest BCUT2D eigenvalue weighted by Gasteiger charge is -2.27. The molecule has 0 spiro atoms. The van der Waals surface area contributed by atoms with Crippen LogP contribution in [0.4, 0.5) is 0 Å². The molecule has 0 radical (unpaired) electrons. The Kier molecular flexibility index (Phi) is 11.3. The van der Waals surface area contributed by atoms with Crippen LogP contribution in [-0.2, 0) is 9.47 Å². The van der Waals surface area contributed by atoms with Gasteiger partial charge in [0.25, 0.3) is 0 Å². The van der Waals surface area contributed by atoms with Gasteiger partial charge in [-0.15, -0.1) is 0 Å². The topological polar surface area (TPSA) is 30.5 Å². The number of ether oxygens (including phenoxy) is 2. The van der Waals surface area contributed by atoms with Crippen molar-refractivity contribution in [2.45, 2.75) is 65.7 Å². The van der Waals surface area contributed by atoms with Crippen molar-refractivity contribution in [1.82, 2.24) is 5.32 Å². The number of unbranched alkanes of at least 4 members (excludes halogenated alkanes) is 2. The van der Waals surface area contributed by atoms with E-state index in [0.717, 1.165) is 13.0 Å². The van der Waals surface area contributed by atoms with Crippen molar-refractivity contribution in [2.75, 3.05) is 19.8 Å². The summed E-state index contributed by atoms with van der Waals surface area (Å²) >= 11 is 0. The van der Waals surface area contributed by atoms with E-state index >= 15 is 0 Å². The van der Waals surface area contributed by atoms with Gasteiger partial charge in [0.1, 0.15) is 0 Å². The minimum atomic E-state index is -0.0909. The van der Waals surface area contributed by atoms with Crippen molar-refractivity contribution in [3.05, 3.63) is 0 Å². The Hall–Kier alpha value is -0.120. The van der Waals surface area contributed by atoms with Crippen LogP contribution < -0.4 is 5.32 Å². The maximum atomic E-state index is 5.64. The molecule has 0 heterocycles.